The Morgan fingerprint density at radius 2 is 2.25 bits per heavy atom. The maximum absolute atomic E-state index is 5.48. The molecule has 5 rings (SSSR count). The van der Waals surface area contributed by atoms with Crippen LogP contribution in [0.25, 0.3) is 0 Å². The molecule has 5 aliphatic carbocycles. The van der Waals surface area contributed by atoms with E-state index in [-0.39, 0.29) is 0 Å². The van der Waals surface area contributed by atoms with Gasteiger partial charge >= 0.3 is 0 Å². The first-order valence-corrected chi connectivity index (χ1v) is 3.96. The quantitative estimate of drug-likeness (QED) is 0.429. The minimum Gasteiger partial charge on any atom is -0.785 e. The van der Waals surface area contributed by atoms with Crippen molar-refractivity contribution in [2.45, 2.75) is 11.2 Å². The lowest BCUT2D eigenvalue weighted by Gasteiger charge is -2.31. The number of hydrogen-bond acceptors (Lipinski definition) is 1. The first-order valence-electron chi connectivity index (χ1n) is 3.55. The molecule has 0 saturated heterocycles. The van der Waals surface area contributed by atoms with Crippen LogP contribution < -0.4 is 0 Å². The predicted molar refractivity (Wildman–Crippen MR) is 32.2 cm³/mol. The van der Waals surface area contributed by atoms with Crippen molar-refractivity contribution in [3.63, 3.8) is 0 Å². The first kappa shape index (κ1) is 3.50. The molecule has 5 saturated carbocycles. The Bertz CT molecular complexity index is 180. The zero-order valence-electron chi connectivity index (χ0n) is 4.50. The molecule has 0 aromatic heterocycles. The van der Waals surface area contributed by atoms with Crippen LogP contribution in [0.5, 0.6) is 0 Å². The van der Waals surface area contributed by atoms with Crippen LogP contribution in [0.1, 0.15) is 6.42 Å². The van der Waals surface area contributed by atoms with E-state index in [0.29, 0.717) is 4.75 Å². The van der Waals surface area contributed by atoms with Crippen molar-refractivity contribution >= 4 is 12.6 Å². The van der Waals surface area contributed by atoms with Gasteiger partial charge in [0.1, 0.15) is 0 Å². The molecular formula is C7H7S-. The van der Waals surface area contributed by atoms with Gasteiger partial charge in [0.25, 0.3) is 0 Å². The first-order chi connectivity index (χ1) is 3.85. The van der Waals surface area contributed by atoms with Crippen LogP contribution in [0, 0.1) is 29.6 Å². The van der Waals surface area contributed by atoms with E-state index in [1.54, 1.807) is 0 Å². The predicted octanol–water partition coefficient (Wildman–Crippen LogP) is 0.798. The second-order valence-corrected chi connectivity index (χ2v) is 4.70. The maximum atomic E-state index is 5.48. The summed E-state index contributed by atoms with van der Waals surface area (Å²) >= 11 is 5.48. The van der Waals surface area contributed by atoms with Crippen molar-refractivity contribution in [2.75, 3.05) is 0 Å². The third-order valence-electron chi connectivity index (χ3n) is 4.12. The summed E-state index contributed by atoms with van der Waals surface area (Å²) in [4.78, 5) is 0. The molecule has 2 bridgehead atoms. The molecule has 0 amide bonds. The van der Waals surface area contributed by atoms with Crippen molar-refractivity contribution < 1.29 is 0 Å². The third-order valence-corrected chi connectivity index (χ3v) is 4.96. The Morgan fingerprint density at radius 1 is 1.38 bits per heavy atom. The summed E-state index contributed by atoms with van der Waals surface area (Å²) < 4.78 is 0.537. The van der Waals surface area contributed by atoms with Gasteiger partial charge in [-0.2, -0.15) is 0 Å². The molecule has 0 aromatic carbocycles. The van der Waals surface area contributed by atoms with Gasteiger partial charge in [-0.1, -0.05) is 17.8 Å². The summed E-state index contributed by atoms with van der Waals surface area (Å²) in [5.74, 6) is 5.54. The Labute approximate surface area is 54.1 Å². The fraction of sp³-hybridized carbons (Fsp3) is 1.00. The van der Waals surface area contributed by atoms with Gasteiger partial charge in [0.2, 0.25) is 0 Å². The molecule has 0 N–H and O–H groups in total. The summed E-state index contributed by atoms with van der Waals surface area (Å²) in [7, 11) is 0. The summed E-state index contributed by atoms with van der Waals surface area (Å²) in [6.07, 6.45) is 1.53. The normalized spacial score (nSPS) is 94.9. The zero-order valence-corrected chi connectivity index (χ0v) is 5.32. The second-order valence-electron chi connectivity index (χ2n) is 3.99. The molecule has 0 heterocycles. The second kappa shape index (κ2) is 0.593. The zero-order chi connectivity index (χ0) is 5.09. The number of hydrogen-bond donors (Lipinski definition) is 0. The highest BCUT2D eigenvalue weighted by atomic mass is 32.1. The lowest BCUT2D eigenvalue weighted by molar-refractivity contribution is 0.469. The molecule has 42 valence electrons. The van der Waals surface area contributed by atoms with Crippen LogP contribution in [-0.2, 0) is 12.6 Å². The van der Waals surface area contributed by atoms with Gasteiger partial charge in [-0.25, -0.2) is 0 Å². The minimum atomic E-state index is 0.537. The van der Waals surface area contributed by atoms with Crippen LogP contribution in [0.15, 0.2) is 0 Å². The van der Waals surface area contributed by atoms with Crippen molar-refractivity contribution in [3.05, 3.63) is 0 Å². The van der Waals surface area contributed by atoms with Crippen LogP contribution in [0.2, 0.25) is 0 Å². The lowest BCUT2D eigenvalue weighted by Crippen LogP contribution is -2.22. The molecule has 6 unspecified atom stereocenters. The van der Waals surface area contributed by atoms with E-state index >= 15 is 0 Å². The van der Waals surface area contributed by atoms with E-state index in [9.17, 15) is 0 Å². The van der Waals surface area contributed by atoms with Gasteiger partial charge in [0.15, 0.2) is 0 Å². The van der Waals surface area contributed by atoms with E-state index in [0.717, 1.165) is 23.7 Å². The van der Waals surface area contributed by atoms with E-state index in [4.69, 9.17) is 12.6 Å². The fourth-order valence-electron chi connectivity index (χ4n) is 3.86. The summed E-state index contributed by atoms with van der Waals surface area (Å²) in [6.45, 7) is 0. The van der Waals surface area contributed by atoms with Crippen LogP contribution in [-0.4, -0.2) is 4.75 Å². The molecule has 0 spiro atoms. The molecule has 0 nitrogen and oxygen atoms in total. The Morgan fingerprint density at radius 3 is 2.38 bits per heavy atom. The van der Waals surface area contributed by atoms with Gasteiger partial charge in [0.05, 0.1) is 0 Å². The smallest absolute Gasteiger partial charge is 0.0348 e. The van der Waals surface area contributed by atoms with E-state index in [1.165, 1.54) is 12.3 Å². The molecular weight excluding hydrogens is 116 g/mol. The van der Waals surface area contributed by atoms with Gasteiger partial charge < -0.3 is 12.6 Å². The molecule has 0 aromatic rings. The summed E-state index contributed by atoms with van der Waals surface area (Å²) in [6, 6.07) is 0. The van der Waals surface area contributed by atoms with Crippen molar-refractivity contribution in [3.8, 4) is 0 Å². The van der Waals surface area contributed by atoms with Crippen molar-refractivity contribution in [2.24, 2.45) is 29.6 Å². The van der Waals surface area contributed by atoms with Gasteiger partial charge in [-0.15, -0.1) is 4.75 Å². The Kier molecular flexibility index (Phi) is 0.260. The highest BCUT2D eigenvalue weighted by molar-refractivity contribution is 7.61. The molecule has 8 heavy (non-hydrogen) atoms. The van der Waals surface area contributed by atoms with Crippen LogP contribution in [0.4, 0.5) is 0 Å². The standard InChI is InChI=1S/C7H8S/c8-7-3-1-2-4(5(2)7)6(3)7/h2-6,8H,1H2/p-1. The molecule has 1 heteroatoms. The van der Waals surface area contributed by atoms with Gasteiger partial charge in [-0.05, 0) is 18.3 Å². The summed E-state index contributed by atoms with van der Waals surface area (Å²) in [5, 5.41) is 0. The van der Waals surface area contributed by atoms with Crippen LogP contribution >= 0.6 is 0 Å². The Balaban J connectivity index is 2.12. The molecule has 6 atom stereocenters. The number of rotatable bonds is 0. The minimum absolute atomic E-state index is 0.537. The van der Waals surface area contributed by atoms with E-state index in [2.05, 4.69) is 0 Å². The van der Waals surface area contributed by atoms with Crippen LogP contribution in [0.3, 0.4) is 0 Å². The maximum Gasteiger partial charge on any atom is -0.0348 e. The molecule has 0 radical (unpaired) electrons. The largest absolute Gasteiger partial charge is 0.785 e. The van der Waals surface area contributed by atoms with E-state index < -0.39 is 0 Å². The third kappa shape index (κ3) is 0.124. The van der Waals surface area contributed by atoms with E-state index in [1.807, 2.05) is 0 Å². The summed E-state index contributed by atoms with van der Waals surface area (Å²) in [5.41, 5.74) is 0. The van der Waals surface area contributed by atoms with Crippen molar-refractivity contribution in [1.29, 1.82) is 0 Å². The van der Waals surface area contributed by atoms with Gasteiger partial charge in [-0.3, -0.25) is 0 Å². The highest BCUT2D eigenvalue weighted by Gasteiger charge is 2.89. The highest BCUT2D eigenvalue weighted by Crippen LogP contribution is 2.94. The SMILES string of the molecule is [S-]C12C3CC4C(C41)C32. The average molecular weight is 123 g/mol. The molecule has 5 fully saturated rings. The average Bonchev–Trinajstić information content (AvgIpc) is 2.37. The molecule has 5 aliphatic rings. The Hall–Kier alpha value is 0.350. The van der Waals surface area contributed by atoms with Crippen molar-refractivity contribution in [1.82, 2.24) is 0 Å². The fourth-order valence-corrected chi connectivity index (χ4v) is 4.69. The topological polar surface area (TPSA) is 0 Å². The monoisotopic (exact) mass is 123 g/mol. The van der Waals surface area contributed by atoms with Gasteiger partial charge in [0, 0.05) is 0 Å². The molecule has 0 aliphatic heterocycles. The lowest BCUT2D eigenvalue weighted by atomic mass is 10.0.